The van der Waals surface area contributed by atoms with Crippen molar-refractivity contribution in [3.05, 3.63) is 29.3 Å². The minimum Gasteiger partial charge on any atom is -0.496 e. The lowest BCUT2D eigenvalue weighted by Crippen LogP contribution is -2.37. The number of ether oxygens (including phenoxy) is 1. The van der Waals surface area contributed by atoms with Gasteiger partial charge in [-0.05, 0) is 18.6 Å². The van der Waals surface area contributed by atoms with Gasteiger partial charge in [-0.2, -0.15) is 0 Å². The molecule has 88 valence electrons. The Morgan fingerprint density at radius 1 is 1.50 bits per heavy atom. The summed E-state index contributed by atoms with van der Waals surface area (Å²) in [5.41, 5.74) is 6.54. The third-order valence-corrected chi connectivity index (χ3v) is 2.43. The third kappa shape index (κ3) is 2.32. The number of hydrogen-bond donors (Lipinski definition) is 3. The van der Waals surface area contributed by atoms with Crippen LogP contribution < -0.4 is 10.5 Å². The molecule has 1 aromatic carbocycles. The number of aliphatic hydroxyl groups is 1. The van der Waals surface area contributed by atoms with Crippen LogP contribution in [0.1, 0.15) is 17.2 Å². The molecule has 0 saturated heterocycles. The monoisotopic (exact) mass is 225 g/mol. The molecule has 16 heavy (non-hydrogen) atoms. The molecular formula is C11H15NO4. The maximum absolute atomic E-state index is 10.7. The van der Waals surface area contributed by atoms with Gasteiger partial charge >= 0.3 is 5.97 Å². The number of carboxylic acid groups (broad SMARTS) is 1. The lowest BCUT2D eigenvalue weighted by atomic mass is 9.97. The summed E-state index contributed by atoms with van der Waals surface area (Å²) in [6.07, 6.45) is -1.28. The zero-order valence-electron chi connectivity index (χ0n) is 9.18. The molecular weight excluding hydrogens is 210 g/mol. The molecule has 0 bridgehead atoms. The Morgan fingerprint density at radius 3 is 2.62 bits per heavy atom. The largest absolute Gasteiger partial charge is 0.496 e. The standard InChI is InChI=1S/C11H15NO4/c1-6-4-3-5-7(16-2)8(6)10(13)9(12)11(14)15/h3-5,9-10,13H,12H2,1-2H3,(H,14,15). The van der Waals surface area contributed by atoms with Crippen LogP contribution in [0.5, 0.6) is 5.75 Å². The Balaban J connectivity index is 3.16. The molecule has 0 aliphatic rings. The summed E-state index contributed by atoms with van der Waals surface area (Å²) in [5.74, 6) is -0.818. The van der Waals surface area contributed by atoms with E-state index in [4.69, 9.17) is 15.6 Å². The van der Waals surface area contributed by atoms with Crippen LogP contribution in [-0.2, 0) is 4.79 Å². The summed E-state index contributed by atoms with van der Waals surface area (Å²) in [6, 6.07) is 3.81. The number of carboxylic acids is 1. The van der Waals surface area contributed by atoms with Crippen LogP contribution in [0.15, 0.2) is 18.2 Å². The number of aliphatic hydroxyl groups excluding tert-OH is 1. The lowest BCUT2D eigenvalue weighted by Gasteiger charge is -2.20. The van der Waals surface area contributed by atoms with Gasteiger partial charge in [0.2, 0.25) is 0 Å². The SMILES string of the molecule is COc1cccc(C)c1C(O)C(N)C(=O)O. The highest BCUT2D eigenvalue weighted by atomic mass is 16.5. The second kappa shape index (κ2) is 4.96. The maximum atomic E-state index is 10.7. The van der Waals surface area contributed by atoms with Crippen LogP contribution in [0.2, 0.25) is 0 Å². The average molecular weight is 225 g/mol. The Morgan fingerprint density at radius 2 is 2.12 bits per heavy atom. The van der Waals surface area contributed by atoms with Gasteiger partial charge in [-0.25, -0.2) is 0 Å². The minimum absolute atomic E-state index is 0.417. The van der Waals surface area contributed by atoms with Crippen molar-refractivity contribution in [3.8, 4) is 5.75 Å². The summed E-state index contributed by atoms with van der Waals surface area (Å²) < 4.78 is 5.07. The highest BCUT2D eigenvalue weighted by Gasteiger charge is 2.27. The van der Waals surface area contributed by atoms with E-state index < -0.39 is 18.1 Å². The fourth-order valence-corrected chi connectivity index (χ4v) is 1.53. The van der Waals surface area contributed by atoms with Gasteiger partial charge in [0.15, 0.2) is 0 Å². The maximum Gasteiger partial charge on any atom is 0.323 e. The van der Waals surface area contributed by atoms with Gasteiger partial charge in [0, 0.05) is 5.56 Å². The first-order chi connectivity index (χ1) is 7.49. The Kier molecular flexibility index (Phi) is 3.87. The van der Waals surface area contributed by atoms with Gasteiger partial charge in [0.05, 0.1) is 7.11 Å². The molecule has 0 aliphatic carbocycles. The zero-order valence-corrected chi connectivity index (χ0v) is 9.18. The van der Waals surface area contributed by atoms with E-state index >= 15 is 0 Å². The van der Waals surface area contributed by atoms with E-state index in [9.17, 15) is 9.90 Å². The van der Waals surface area contributed by atoms with Crippen molar-refractivity contribution in [2.24, 2.45) is 5.73 Å². The summed E-state index contributed by atoms with van der Waals surface area (Å²) >= 11 is 0. The van der Waals surface area contributed by atoms with Crippen molar-refractivity contribution < 1.29 is 19.7 Å². The van der Waals surface area contributed by atoms with E-state index in [0.717, 1.165) is 5.56 Å². The number of hydrogen-bond acceptors (Lipinski definition) is 4. The number of aliphatic carboxylic acids is 1. The average Bonchev–Trinajstić information content (AvgIpc) is 2.26. The summed E-state index contributed by atoms with van der Waals surface area (Å²) in [5, 5.41) is 18.6. The zero-order chi connectivity index (χ0) is 12.3. The van der Waals surface area contributed by atoms with Gasteiger partial charge in [-0.15, -0.1) is 0 Å². The Bertz CT molecular complexity index is 392. The topological polar surface area (TPSA) is 92.8 Å². The molecule has 1 aromatic rings. The highest BCUT2D eigenvalue weighted by Crippen LogP contribution is 2.29. The van der Waals surface area contributed by atoms with Crippen LogP contribution in [0.25, 0.3) is 0 Å². The Labute approximate surface area is 93.5 Å². The first-order valence-corrected chi connectivity index (χ1v) is 4.79. The predicted octanol–water partition coefficient (Wildman–Crippen LogP) is 0.449. The number of carbonyl (C=O) groups is 1. The van der Waals surface area contributed by atoms with Crippen LogP contribution in [0.3, 0.4) is 0 Å². The van der Waals surface area contributed by atoms with Crippen molar-refractivity contribution in [2.75, 3.05) is 7.11 Å². The predicted molar refractivity (Wildman–Crippen MR) is 58.3 cm³/mol. The number of methoxy groups -OCH3 is 1. The van der Waals surface area contributed by atoms with Gasteiger partial charge < -0.3 is 20.7 Å². The molecule has 0 aromatic heterocycles. The molecule has 2 atom stereocenters. The number of aryl methyl sites for hydroxylation is 1. The lowest BCUT2D eigenvalue weighted by molar-refractivity contribution is -0.141. The minimum atomic E-state index is -1.37. The molecule has 0 radical (unpaired) electrons. The molecule has 0 spiro atoms. The van der Waals surface area contributed by atoms with Gasteiger partial charge in [0.25, 0.3) is 0 Å². The fraction of sp³-hybridized carbons (Fsp3) is 0.364. The second-order valence-corrected chi connectivity index (χ2v) is 3.50. The van der Waals surface area contributed by atoms with Gasteiger partial charge in [-0.3, -0.25) is 4.79 Å². The fourth-order valence-electron chi connectivity index (χ4n) is 1.53. The molecule has 5 heteroatoms. The van der Waals surface area contributed by atoms with E-state index in [2.05, 4.69) is 0 Å². The van der Waals surface area contributed by atoms with Gasteiger partial charge in [0.1, 0.15) is 17.9 Å². The molecule has 0 aliphatic heterocycles. The van der Waals surface area contributed by atoms with E-state index in [-0.39, 0.29) is 0 Å². The number of rotatable bonds is 4. The van der Waals surface area contributed by atoms with E-state index in [1.165, 1.54) is 7.11 Å². The first-order valence-electron chi connectivity index (χ1n) is 4.79. The van der Waals surface area contributed by atoms with Gasteiger partial charge in [-0.1, -0.05) is 12.1 Å². The molecule has 0 fully saturated rings. The van der Waals surface area contributed by atoms with Crippen LogP contribution in [0, 0.1) is 6.92 Å². The first kappa shape index (κ1) is 12.5. The van der Waals surface area contributed by atoms with E-state index in [1.54, 1.807) is 25.1 Å². The third-order valence-electron chi connectivity index (χ3n) is 2.43. The highest BCUT2D eigenvalue weighted by molar-refractivity contribution is 5.74. The summed E-state index contributed by atoms with van der Waals surface area (Å²) in [4.78, 5) is 10.7. The Hall–Kier alpha value is -1.59. The van der Waals surface area contributed by atoms with Crippen LogP contribution in [-0.4, -0.2) is 29.3 Å². The molecule has 1 rings (SSSR count). The van der Waals surface area contributed by atoms with Crippen molar-refractivity contribution in [3.63, 3.8) is 0 Å². The normalized spacial score (nSPS) is 14.2. The number of benzene rings is 1. The number of nitrogens with two attached hydrogens (primary N) is 1. The summed E-state index contributed by atoms with van der Waals surface area (Å²) in [6.45, 7) is 1.76. The molecule has 5 nitrogen and oxygen atoms in total. The summed E-state index contributed by atoms with van der Waals surface area (Å²) in [7, 11) is 1.46. The smallest absolute Gasteiger partial charge is 0.323 e. The molecule has 0 amide bonds. The second-order valence-electron chi connectivity index (χ2n) is 3.50. The van der Waals surface area contributed by atoms with Crippen molar-refractivity contribution in [1.29, 1.82) is 0 Å². The van der Waals surface area contributed by atoms with Crippen molar-refractivity contribution in [2.45, 2.75) is 19.1 Å². The molecule has 0 heterocycles. The van der Waals surface area contributed by atoms with Crippen molar-refractivity contribution >= 4 is 5.97 Å². The van der Waals surface area contributed by atoms with E-state index in [0.29, 0.717) is 11.3 Å². The molecule has 4 N–H and O–H groups in total. The van der Waals surface area contributed by atoms with Crippen LogP contribution in [0.4, 0.5) is 0 Å². The quantitative estimate of drug-likeness (QED) is 0.691. The van der Waals surface area contributed by atoms with Crippen molar-refractivity contribution in [1.82, 2.24) is 0 Å². The van der Waals surface area contributed by atoms with Crippen LogP contribution >= 0.6 is 0 Å². The van der Waals surface area contributed by atoms with E-state index in [1.807, 2.05) is 0 Å². The molecule has 2 unspecified atom stereocenters. The molecule has 0 saturated carbocycles.